The Labute approximate surface area is 67.1 Å². The zero-order chi connectivity index (χ0) is 7.05. The van der Waals surface area contributed by atoms with E-state index in [0.29, 0.717) is 0 Å². The second-order valence-corrected chi connectivity index (χ2v) is 5.07. The molecule has 1 heteroatoms. The van der Waals surface area contributed by atoms with Crippen molar-refractivity contribution in [3.8, 4) is 0 Å². The predicted molar refractivity (Wildman–Crippen MR) is 41.2 cm³/mol. The van der Waals surface area contributed by atoms with Crippen LogP contribution >= 0.6 is 0 Å². The van der Waals surface area contributed by atoms with Crippen molar-refractivity contribution < 1.29 is 4.74 Å². The molecule has 1 heterocycles. The second kappa shape index (κ2) is 1.39. The van der Waals surface area contributed by atoms with Crippen molar-refractivity contribution >= 4 is 0 Å². The molecule has 1 nitrogen and oxygen atoms in total. The largest absolute Gasteiger partial charge is 0.369 e. The maximum Gasteiger partial charge on any atom is 0.0878 e. The molecular formula is C10H14O. The normalized spacial score (nSPS) is 69.8. The molecule has 0 aromatic heterocycles. The van der Waals surface area contributed by atoms with Crippen LogP contribution in [0.3, 0.4) is 0 Å². The van der Waals surface area contributed by atoms with E-state index < -0.39 is 0 Å². The Morgan fingerprint density at radius 1 is 1.18 bits per heavy atom. The molecule has 0 spiro atoms. The highest BCUT2D eigenvalue weighted by atomic mass is 16.6. The topological polar surface area (TPSA) is 12.5 Å². The quantitative estimate of drug-likeness (QED) is 0.481. The van der Waals surface area contributed by atoms with Gasteiger partial charge in [0.2, 0.25) is 0 Å². The Kier molecular flexibility index (Phi) is 0.706. The molecule has 0 radical (unpaired) electrons. The summed E-state index contributed by atoms with van der Waals surface area (Å²) >= 11 is 0. The summed E-state index contributed by atoms with van der Waals surface area (Å²) in [6.07, 6.45) is 9.03. The van der Waals surface area contributed by atoms with Gasteiger partial charge in [0.05, 0.1) is 12.2 Å². The number of rotatable bonds is 0. The van der Waals surface area contributed by atoms with Crippen molar-refractivity contribution in [3.63, 3.8) is 0 Å². The molecule has 4 rings (SSSR count). The predicted octanol–water partition coefficient (Wildman–Crippen LogP) is 1.96. The lowest BCUT2D eigenvalue weighted by molar-refractivity contribution is 0.141. The number of epoxide rings is 1. The fourth-order valence-electron chi connectivity index (χ4n) is 4.40. The zero-order valence-corrected chi connectivity index (χ0v) is 6.75. The van der Waals surface area contributed by atoms with E-state index in [1.807, 2.05) is 0 Å². The van der Waals surface area contributed by atoms with E-state index in [2.05, 4.69) is 0 Å². The molecule has 3 atom stereocenters. The molecule has 0 aromatic carbocycles. The van der Waals surface area contributed by atoms with Gasteiger partial charge in [0.25, 0.3) is 0 Å². The minimum absolute atomic E-state index is 0.725. The number of fused-ring (bicyclic) bond motifs is 1. The molecule has 3 saturated carbocycles. The fourth-order valence-corrected chi connectivity index (χ4v) is 4.40. The van der Waals surface area contributed by atoms with Gasteiger partial charge < -0.3 is 4.74 Å². The third kappa shape index (κ3) is 0.462. The van der Waals surface area contributed by atoms with Crippen LogP contribution in [0.5, 0.6) is 0 Å². The molecule has 3 unspecified atom stereocenters. The van der Waals surface area contributed by atoms with Gasteiger partial charge in [0, 0.05) is 0 Å². The molecule has 0 amide bonds. The first-order valence-electron chi connectivity index (χ1n) is 5.05. The number of hydrogen-bond donors (Lipinski definition) is 0. The second-order valence-electron chi connectivity index (χ2n) is 5.07. The maximum atomic E-state index is 5.64. The molecule has 0 N–H and O–H groups in total. The standard InChI is InChI=1S/C10H14O/c1-3-10-4-2-6(1)8(10)9-7(5-10)11-9/h6-9H,1-5H2. The van der Waals surface area contributed by atoms with Gasteiger partial charge in [0.1, 0.15) is 0 Å². The number of hydrogen-bond acceptors (Lipinski definition) is 1. The Balaban J connectivity index is 1.85. The van der Waals surface area contributed by atoms with Crippen LogP contribution in [0.1, 0.15) is 32.1 Å². The molecule has 11 heavy (non-hydrogen) atoms. The van der Waals surface area contributed by atoms with E-state index in [-0.39, 0.29) is 0 Å². The van der Waals surface area contributed by atoms with E-state index in [1.54, 1.807) is 12.8 Å². The van der Waals surface area contributed by atoms with Gasteiger partial charge in [-0.25, -0.2) is 0 Å². The summed E-state index contributed by atoms with van der Waals surface area (Å²) < 4.78 is 5.64. The van der Waals surface area contributed by atoms with Crippen LogP contribution in [0.2, 0.25) is 0 Å². The van der Waals surface area contributed by atoms with Crippen molar-refractivity contribution in [1.29, 1.82) is 0 Å². The van der Waals surface area contributed by atoms with Crippen LogP contribution < -0.4 is 0 Å². The van der Waals surface area contributed by atoms with Gasteiger partial charge in [-0.15, -0.1) is 0 Å². The van der Waals surface area contributed by atoms with Crippen molar-refractivity contribution in [1.82, 2.24) is 0 Å². The van der Waals surface area contributed by atoms with Crippen LogP contribution in [0.4, 0.5) is 0 Å². The molecule has 4 fully saturated rings. The highest BCUT2D eigenvalue weighted by Gasteiger charge is 2.69. The molecule has 2 bridgehead atoms. The highest BCUT2D eigenvalue weighted by Crippen LogP contribution is 2.70. The molecule has 3 aliphatic carbocycles. The first kappa shape index (κ1) is 5.58. The first-order chi connectivity index (χ1) is 5.39. The Morgan fingerprint density at radius 3 is 2.73 bits per heavy atom. The minimum atomic E-state index is 0.725. The monoisotopic (exact) mass is 150 g/mol. The van der Waals surface area contributed by atoms with Crippen LogP contribution in [0, 0.1) is 17.3 Å². The van der Waals surface area contributed by atoms with Crippen molar-refractivity contribution in [2.75, 3.05) is 0 Å². The Morgan fingerprint density at radius 2 is 2.00 bits per heavy atom. The van der Waals surface area contributed by atoms with Crippen LogP contribution in [0.15, 0.2) is 0 Å². The lowest BCUT2D eigenvalue weighted by Gasteiger charge is -2.26. The Bertz CT molecular complexity index is 215. The summed E-state index contributed by atoms with van der Waals surface area (Å²) in [6, 6.07) is 0. The van der Waals surface area contributed by atoms with Gasteiger partial charge in [-0.3, -0.25) is 0 Å². The lowest BCUT2D eigenvalue weighted by Crippen LogP contribution is -2.20. The van der Waals surface area contributed by atoms with E-state index in [4.69, 9.17) is 4.74 Å². The van der Waals surface area contributed by atoms with Gasteiger partial charge in [0.15, 0.2) is 0 Å². The van der Waals surface area contributed by atoms with Gasteiger partial charge >= 0.3 is 0 Å². The van der Waals surface area contributed by atoms with Crippen molar-refractivity contribution in [2.24, 2.45) is 17.3 Å². The fraction of sp³-hybridized carbons (Fsp3) is 1.00. The summed E-state index contributed by atoms with van der Waals surface area (Å²) in [6.45, 7) is 0. The summed E-state index contributed by atoms with van der Waals surface area (Å²) in [4.78, 5) is 0. The summed E-state index contributed by atoms with van der Waals surface area (Å²) in [5.41, 5.74) is 0.818. The molecule has 1 aliphatic heterocycles. The summed E-state index contributed by atoms with van der Waals surface area (Å²) in [5.74, 6) is 2.10. The van der Waals surface area contributed by atoms with E-state index in [9.17, 15) is 0 Å². The first-order valence-corrected chi connectivity index (χ1v) is 5.05. The third-order valence-electron chi connectivity index (χ3n) is 4.82. The number of ether oxygens (including phenoxy) is 1. The van der Waals surface area contributed by atoms with Gasteiger partial charge in [-0.2, -0.15) is 0 Å². The third-order valence-corrected chi connectivity index (χ3v) is 4.82. The summed E-state index contributed by atoms with van der Waals surface area (Å²) in [7, 11) is 0. The zero-order valence-electron chi connectivity index (χ0n) is 6.75. The van der Waals surface area contributed by atoms with Crippen LogP contribution in [-0.4, -0.2) is 12.2 Å². The van der Waals surface area contributed by atoms with Gasteiger partial charge in [-0.1, -0.05) is 0 Å². The van der Waals surface area contributed by atoms with Crippen LogP contribution in [0.25, 0.3) is 0 Å². The Hall–Kier alpha value is -0.0400. The average Bonchev–Trinajstić information content (AvgIpc) is 2.44. The van der Waals surface area contributed by atoms with E-state index in [0.717, 1.165) is 29.5 Å². The van der Waals surface area contributed by atoms with Crippen molar-refractivity contribution in [3.05, 3.63) is 0 Å². The molecular weight excluding hydrogens is 136 g/mol. The van der Waals surface area contributed by atoms with E-state index in [1.165, 1.54) is 19.3 Å². The maximum absolute atomic E-state index is 5.64. The van der Waals surface area contributed by atoms with E-state index >= 15 is 0 Å². The average molecular weight is 150 g/mol. The smallest absolute Gasteiger partial charge is 0.0878 e. The molecule has 1 saturated heterocycles. The SMILES string of the molecule is C1CC23CCC1C2C1OC1C3. The van der Waals surface area contributed by atoms with Crippen LogP contribution in [-0.2, 0) is 4.74 Å². The van der Waals surface area contributed by atoms with Gasteiger partial charge in [-0.05, 0) is 49.4 Å². The minimum Gasteiger partial charge on any atom is -0.369 e. The molecule has 0 aromatic rings. The lowest BCUT2D eigenvalue weighted by atomic mass is 9.80. The summed E-state index contributed by atoms with van der Waals surface area (Å²) in [5, 5.41) is 0. The van der Waals surface area contributed by atoms with Crippen molar-refractivity contribution in [2.45, 2.75) is 44.3 Å². The molecule has 60 valence electrons. The highest BCUT2D eigenvalue weighted by molar-refractivity contribution is 5.17. The molecule has 4 aliphatic rings.